The zero-order valence-electron chi connectivity index (χ0n) is 9.12. The maximum absolute atomic E-state index is 12.3. The number of alkyl halides is 4. The highest BCUT2D eigenvalue weighted by molar-refractivity contribution is 9.09. The number of aromatic nitrogens is 1. The number of halogens is 4. The lowest BCUT2D eigenvalue weighted by Gasteiger charge is -2.15. The first-order valence-corrected chi connectivity index (χ1v) is 6.07. The standard InChI is InChI=1S/C12H9BrF3NO/c13-10(12(14,15)16)7-18-9-5-1-3-8-4-2-6-17-11(8)9/h1-6,10H,7H2. The van der Waals surface area contributed by atoms with Gasteiger partial charge in [-0.3, -0.25) is 4.98 Å². The number of ether oxygens (including phenoxy) is 1. The maximum atomic E-state index is 12.3. The minimum Gasteiger partial charge on any atom is -0.490 e. The van der Waals surface area contributed by atoms with E-state index in [0.717, 1.165) is 5.39 Å². The third-order valence-electron chi connectivity index (χ3n) is 2.34. The van der Waals surface area contributed by atoms with Gasteiger partial charge in [-0.15, -0.1) is 0 Å². The van der Waals surface area contributed by atoms with Crippen molar-refractivity contribution in [2.24, 2.45) is 0 Å². The summed E-state index contributed by atoms with van der Waals surface area (Å²) in [6.07, 6.45) is -2.75. The molecule has 96 valence electrons. The molecule has 1 aromatic heterocycles. The molecule has 0 fully saturated rings. The van der Waals surface area contributed by atoms with E-state index in [1.54, 1.807) is 24.4 Å². The van der Waals surface area contributed by atoms with Crippen molar-refractivity contribution in [1.29, 1.82) is 0 Å². The first kappa shape index (κ1) is 13.1. The number of hydrogen-bond donors (Lipinski definition) is 0. The monoisotopic (exact) mass is 319 g/mol. The van der Waals surface area contributed by atoms with E-state index in [1.165, 1.54) is 0 Å². The van der Waals surface area contributed by atoms with E-state index >= 15 is 0 Å². The summed E-state index contributed by atoms with van der Waals surface area (Å²) in [6.45, 7) is -0.487. The Morgan fingerprint density at radius 1 is 1.22 bits per heavy atom. The molecule has 0 saturated carbocycles. The molecule has 18 heavy (non-hydrogen) atoms. The largest absolute Gasteiger partial charge is 0.490 e. The van der Waals surface area contributed by atoms with Crippen LogP contribution in [0.1, 0.15) is 0 Å². The van der Waals surface area contributed by atoms with Gasteiger partial charge in [0, 0.05) is 11.6 Å². The minimum absolute atomic E-state index is 0.349. The molecule has 2 nitrogen and oxygen atoms in total. The van der Waals surface area contributed by atoms with Crippen LogP contribution in [0.4, 0.5) is 13.2 Å². The van der Waals surface area contributed by atoms with Gasteiger partial charge in [0.1, 0.15) is 22.7 Å². The van der Waals surface area contributed by atoms with Crippen molar-refractivity contribution in [3.63, 3.8) is 0 Å². The number of nitrogens with zero attached hydrogens (tertiary/aromatic N) is 1. The van der Waals surface area contributed by atoms with Gasteiger partial charge in [0.25, 0.3) is 0 Å². The molecular formula is C12H9BrF3NO. The van der Waals surface area contributed by atoms with Gasteiger partial charge in [0.2, 0.25) is 0 Å². The summed E-state index contributed by atoms with van der Waals surface area (Å²) in [4.78, 5) is 2.41. The zero-order valence-corrected chi connectivity index (χ0v) is 10.7. The second kappa shape index (κ2) is 5.14. The Bertz CT molecular complexity index is 539. The molecule has 1 unspecified atom stereocenters. The third-order valence-corrected chi connectivity index (χ3v) is 3.12. The van der Waals surface area contributed by atoms with Crippen molar-refractivity contribution in [1.82, 2.24) is 4.98 Å². The van der Waals surface area contributed by atoms with Crippen LogP contribution in [-0.4, -0.2) is 22.6 Å². The van der Waals surface area contributed by atoms with Gasteiger partial charge in [-0.1, -0.05) is 34.1 Å². The molecular weight excluding hydrogens is 311 g/mol. The lowest BCUT2D eigenvalue weighted by Crippen LogP contribution is -2.28. The topological polar surface area (TPSA) is 22.1 Å². The average Bonchev–Trinajstić information content (AvgIpc) is 2.34. The van der Waals surface area contributed by atoms with Crippen LogP contribution in [0.15, 0.2) is 36.5 Å². The first-order chi connectivity index (χ1) is 8.48. The number of hydrogen-bond acceptors (Lipinski definition) is 2. The number of rotatable bonds is 3. The van der Waals surface area contributed by atoms with Gasteiger partial charge in [0.15, 0.2) is 0 Å². The summed E-state index contributed by atoms with van der Waals surface area (Å²) in [6, 6.07) is 8.73. The lowest BCUT2D eigenvalue weighted by atomic mass is 10.2. The predicted octanol–water partition coefficient (Wildman–Crippen LogP) is 3.94. The van der Waals surface area contributed by atoms with Crippen LogP contribution in [0.3, 0.4) is 0 Å². The molecule has 2 aromatic rings. The molecule has 0 aliphatic carbocycles. The van der Waals surface area contributed by atoms with Crippen molar-refractivity contribution >= 4 is 26.8 Å². The highest BCUT2D eigenvalue weighted by Gasteiger charge is 2.38. The predicted molar refractivity (Wildman–Crippen MR) is 66.0 cm³/mol. The fourth-order valence-corrected chi connectivity index (χ4v) is 1.58. The number of pyridine rings is 1. The van der Waals surface area contributed by atoms with Crippen LogP contribution in [0.2, 0.25) is 0 Å². The Kier molecular flexibility index (Phi) is 3.75. The number of para-hydroxylation sites is 1. The molecule has 0 radical (unpaired) electrons. The zero-order chi connectivity index (χ0) is 13.2. The van der Waals surface area contributed by atoms with Gasteiger partial charge in [0.05, 0.1) is 0 Å². The molecule has 0 amide bonds. The molecule has 0 bridgehead atoms. The smallest absolute Gasteiger partial charge is 0.404 e. The Hall–Kier alpha value is -1.30. The molecule has 1 atom stereocenters. The molecule has 0 aliphatic heterocycles. The van der Waals surface area contributed by atoms with Crippen LogP contribution in [-0.2, 0) is 0 Å². The quantitative estimate of drug-likeness (QED) is 0.799. The van der Waals surface area contributed by atoms with E-state index in [1.807, 2.05) is 12.1 Å². The van der Waals surface area contributed by atoms with Crippen LogP contribution in [0.5, 0.6) is 5.75 Å². The van der Waals surface area contributed by atoms with Crippen LogP contribution in [0, 0.1) is 0 Å². The summed E-state index contributed by atoms with van der Waals surface area (Å²) in [5, 5.41) is 0.827. The Morgan fingerprint density at radius 3 is 2.67 bits per heavy atom. The van der Waals surface area contributed by atoms with Crippen molar-refractivity contribution in [2.45, 2.75) is 11.0 Å². The normalized spacial score (nSPS) is 13.6. The van der Waals surface area contributed by atoms with E-state index in [9.17, 15) is 13.2 Å². The Labute approximate surface area is 110 Å². The maximum Gasteiger partial charge on any atom is 0.404 e. The van der Waals surface area contributed by atoms with Crippen molar-refractivity contribution in [2.75, 3.05) is 6.61 Å². The van der Waals surface area contributed by atoms with E-state index in [0.29, 0.717) is 11.3 Å². The first-order valence-electron chi connectivity index (χ1n) is 5.16. The second-order valence-electron chi connectivity index (χ2n) is 3.65. The highest BCUT2D eigenvalue weighted by Crippen LogP contribution is 2.28. The van der Waals surface area contributed by atoms with Gasteiger partial charge >= 0.3 is 6.18 Å². The van der Waals surface area contributed by atoms with Crippen LogP contribution in [0.25, 0.3) is 10.9 Å². The second-order valence-corrected chi connectivity index (χ2v) is 4.76. The molecule has 2 rings (SSSR count). The Morgan fingerprint density at radius 2 is 1.94 bits per heavy atom. The van der Waals surface area contributed by atoms with E-state index in [-0.39, 0.29) is 0 Å². The average molecular weight is 320 g/mol. The summed E-state index contributed by atoms with van der Waals surface area (Å²) in [5.41, 5.74) is 0.557. The molecule has 0 saturated heterocycles. The fourth-order valence-electron chi connectivity index (χ4n) is 1.45. The lowest BCUT2D eigenvalue weighted by molar-refractivity contribution is -0.132. The SMILES string of the molecule is FC(F)(F)C(Br)COc1cccc2cccnc12. The summed E-state index contributed by atoms with van der Waals surface area (Å²) in [7, 11) is 0. The molecule has 1 aromatic carbocycles. The van der Waals surface area contributed by atoms with Crippen molar-refractivity contribution in [3.8, 4) is 5.75 Å². The minimum atomic E-state index is -4.32. The molecule has 6 heteroatoms. The van der Waals surface area contributed by atoms with E-state index in [4.69, 9.17) is 4.74 Å². The Balaban J connectivity index is 2.18. The van der Waals surface area contributed by atoms with Crippen LogP contribution < -0.4 is 4.74 Å². The van der Waals surface area contributed by atoms with Crippen molar-refractivity contribution < 1.29 is 17.9 Å². The van der Waals surface area contributed by atoms with E-state index in [2.05, 4.69) is 20.9 Å². The van der Waals surface area contributed by atoms with Crippen molar-refractivity contribution in [3.05, 3.63) is 36.5 Å². The number of fused-ring (bicyclic) bond motifs is 1. The van der Waals surface area contributed by atoms with Gasteiger partial charge in [-0.2, -0.15) is 13.2 Å². The number of benzene rings is 1. The fraction of sp³-hybridized carbons (Fsp3) is 0.250. The molecule has 0 N–H and O–H groups in total. The molecule has 0 spiro atoms. The van der Waals surface area contributed by atoms with Gasteiger partial charge in [-0.05, 0) is 12.1 Å². The summed E-state index contributed by atoms with van der Waals surface area (Å²) >= 11 is 2.55. The summed E-state index contributed by atoms with van der Waals surface area (Å²) in [5.74, 6) is 0.349. The van der Waals surface area contributed by atoms with Gasteiger partial charge < -0.3 is 4.74 Å². The molecule has 1 heterocycles. The third kappa shape index (κ3) is 2.93. The van der Waals surface area contributed by atoms with E-state index < -0.39 is 17.6 Å². The summed E-state index contributed by atoms with van der Waals surface area (Å²) < 4.78 is 42.1. The molecule has 0 aliphatic rings. The highest BCUT2D eigenvalue weighted by atomic mass is 79.9. The van der Waals surface area contributed by atoms with Crippen LogP contribution >= 0.6 is 15.9 Å². The van der Waals surface area contributed by atoms with Gasteiger partial charge in [-0.25, -0.2) is 0 Å².